The van der Waals surface area contributed by atoms with E-state index in [2.05, 4.69) is 4.98 Å². The Kier molecular flexibility index (Phi) is 2.68. The number of nitrogens with two attached hydrogens (primary N) is 1. The molecule has 3 N–H and O–H groups in total. The van der Waals surface area contributed by atoms with E-state index in [4.69, 9.17) is 10.5 Å². The lowest BCUT2D eigenvalue weighted by Gasteiger charge is -2.12. The Labute approximate surface area is 99.2 Å². The first-order valence-corrected chi connectivity index (χ1v) is 4.90. The lowest BCUT2D eigenvalue weighted by molar-refractivity contribution is -0.136. The largest absolute Gasteiger partial charge is 0.495 e. The number of aromatic amines is 1. The summed E-state index contributed by atoms with van der Waals surface area (Å²) in [4.78, 5) is 13.5. The quantitative estimate of drug-likeness (QED) is 0.770. The van der Waals surface area contributed by atoms with Gasteiger partial charge in [0.05, 0.1) is 23.9 Å². The predicted octanol–water partition coefficient (Wildman–Crippen LogP) is 2.14. The highest BCUT2D eigenvalue weighted by Gasteiger charge is 2.33. The second kappa shape index (κ2) is 3.94. The summed E-state index contributed by atoms with van der Waals surface area (Å²) in [6, 6.07) is 2.91. The van der Waals surface area contributed by atoms with Crippen LogP contribution in [-0.4, -0.2) is 12.1 Å². The summed E-state index contributed by atoms with van der Waals surface area (Å²) < 4.78 is 43.3. The summed E-state index contributed by atoms with van der Waals surface area (Å²) in [6.07, 6.45) is -4.62. The molecule has 0 atom stereocenters. The topological polar surface area (TPSA) is 68.1 Å². The number of ether oxygens (including phenoxy) is 1. The standard InChI is InChI=1S/C11H9F3N2O2/c1-18-9-2-5-6(11(12,13)14)3-10(17)16-8(5)4-7(9)15/h2-4H,15H2,1H3,(H,16,17). The predicted molar refractivity (Wildman–Crippen MR) is 60.5 cm³/mol. The average molecular weight is 258 g/mol. The van der Waals surface area contributed by atoms with Crippen molar-refractivity contribution in [1.29, 1.82) is 0 Å². The fourth-order valence-electron chi connectivity index (χ4n) is 1.71. The second-order valence-corrected chi connectivity index (χ2v) is 3.68. The van der Waals surface area contributed by atoms with E-state index in [1.807, 2.05) is 0 Å². The number of halogens is 3. The Hall–Kier alpha value is -2.18. The Morgan fingerprint density at radius 2 is 1.94 bits per heavy atom. The van der Waals surface area contributed by atoms with E-state index in [0.29, 0.717) is 6.07 Å². The normalized spacial score (nSPS) is 11.8. The van der Waals surface area contributed by atoms with Crippen molar-refractivity contribution < 1.29 is 17.9 Å². The summed E-state index contributed by atoms with van der Waals surface area (Å²) in [5, 5.41) is -0.159. The molecule has 4 nitrogen and oxygen atoms in total. The fraction of sp³-hybridized carbons (Fsp3) is 0.182. The van der Waals surface area contributed by atoms with Gasteiger partial charge in [0.2, 0.25) is 5.56 Å². The van der Waals surface area contributed by atoms with E-state index in [0.717, 1.165) is 6.07 Å². The second-order valence-electron chi connectivity index (χ2n) is 3.68. The van der Waals surface area contributed by atoms with Crippen molar-refractivity contribution in [2.45, 2.75) is 6.18 Å². The molecule has 0 saturated carbocycles. The molecule has 0 radical (unpaired) electrons. The van der Waals surface area contributed by atoms with Crippen LogP contribution in [0.3, 0.4) is 0 Å². The van der Waals surface area contributed by atoms with Gasteiger partial charge in [-0.2, -0.15) is 13.2 Å². The number of nitrogens with one attached hydrogen (secondary N) is 1. The van der Waals surface area contributed by atoms with E-state index in [9.17, 15) is 18.0 Å². The maximum absolute atomic E-state index is 12.8. The molecule has 0 fully saturated rings. The molecule has 2 rings (SSSR count). The Morgan fingerprint density at radius 1 is 1.28 bits per heavy atom. The minimum absolute atomic E-state index is 0.0214. The van der Waals surface area contributed by atoms with Gasteiger partial charge in [-0.15, -0.1) is 0 Å². The summed E-state index contributed by atoms with van der Waals surface area (Å²) in [7, 11) is 1.30. The van der Waals surface area contributed by atoms with E-state index < -0.39 is 17.3 Å². The number of alkyl halides is 3. The van der Waals surface area contributed by atoms with Gasteiger partial charge in [-0.25, -0.2) is 0 Å². The van der Waals surface area contributed by atoms with Gasteiger partial charge >= 0.3 is 6.18 Å². The number of nitrogen functional groups attached to an aromatic ring is 1. The summed E-state index contributed by atoms with van der Waals surface area (Å²) in [5.41, 5.74) is 3.90. The average Bonchev–Trinajstić information content (AvgIpc) is 2.25. The van der Waals surface area contributed by atoms with Crippen molar-refractivity contribution in [2.24, 2.45) is 0 Å². The third kappa shape index (κ3) is 1.99. The first-order chi connectivity index (χ1) is 8.32. The van der Waals surface area contributed by atoms with Gasteiger partial charge in [-0.1, -0.05) is 0 Å². The van der Waals surface area contributed by atoms with E-state index >= 15 is 0 Å². The number of pyridine rings is 1. The zero-order valence-corrected chi connectivity index (χ0v) is 9.26. The van der Waals surface area contributed by atoms with Crippen LogP contribution in [0.4, 0.5) is 18.9 Å². The van der Waals surface area contributed by atoms with Crippen molar-refractivity contribution in [3.63, 3.8) is 0 Å². The molecule has 1 aromatic carbocycles. The van der Waals surface area contributed by atoms with Crippen molar-refractivity contribution in [2.75, 3.05) is 12.8 Å². The smallest absolute Gasteiger partial charge is 0.417 e. The van der Waals surface area contributed by atoms with Crippen LogP contribution in [0, 0.1) is 0 Å². The number of hydrogen-bond donors (Lipinski definition) is 2. The Morgan fingerprint density at radius 3 is 2.50 bits per heavy atom. The van der Waals surface area contributed by atoms with Gasteiger partial charge in [0.15, 0.2) is 0 Å². The van der Waals surface area contributed by atoms with Gasteiger partial charge in [-0.3, -0.25) is 4.79 Å². The monoisotopic (exact) mass is 258 g/mol. The van der Waals surface area contributed by atoms with Gasteiger partial charge in [-0.05, 0) is 12.1 Å². The number of H-pyrrole nitrogens is 1. The lowest BCUT2D eigenvalue weighted by Crippen LogP contribution is -2.14. The third-order valence-corrected chi connectivity index (χ3v) is 2.50. The van der Waals surface area contributed by atoms with Gasteiger partial charge in [0.1, 0.15) is 5.75 Å². The highest BCUT2D eigenvalue weighted by atomic mass is 19.4. The van der Waals surface area contributed by atoms with Crippen LogP contribution in [0.5, 0.6) is 5.75 Å². The van der Waals surface area contributed by atoms with Gasteiger partial charge in [0.25, 0.3) is 0 Å². The summed E-state index contributed by atoms with van der Waals surface area (Å²) in [5.74, 6) is 0.125. The first kappa shape index (κ1) is 12.3. The number of fused-ring (bicyclic) bond motifs is 1. The molecule has 0 aliphatic carbocycles. The molecule has 0 spiro atoms. The molecule has 0 unspecified atom stereocenters. The molecule has 1 heterocycles. The highest BCUT2D eigenvalue weighted by molar-refractivity contribution is 5.88. The van der Waals surface area contributed by atoms with E-state index in [1.165, 1.54) is 13.2 Å². The van der Waals surface area contributed by atoms with Crippen molar-refractivity contribution in [1.82, 2.24) is 4.98 Å². The number of aromatic nitrogens is 1. The third-order valence-electron chi connectivity index (χ3n) is 2.50. The summed E-state index contributed by atoms with van der Waals surface area (Å²) in [6.45, 7) is 0. The molecule has 18 heavy (non-hydrogen) atoms. The minimum Gasteiger partial charge on any atom is -0.495 e. The number of methoxy groups -OCH3 is 1. The van der Waals surface area contributed by atoms with Gasteiger partial charge in [0, 0.05) is 11.5 Å². The molecule has 0 bridgehead atoms. The van der Waals surface area contributed by atoms with Crippen LogP contribution in [-0.2, 0) is 6.18 Å². The molecule has 0 aliphatic rings. The molecular formula is C11H9F3N2O2. The zero-order chi connectivity index (χ0) is 13.5. The number of anilines is 1. The van der Waals surface area contributed by atoms with Crippen molar-refractivity contribution in [3.05, 3.63) is 34.1 Å². The maximum Gasteiger partial charge on any atom is 0.417 e. The lowest BCUT2D eigenvalue weighted by atomic mass is 10.1. The van der Waals surface area contributed by atoms with Crippen molar-refractivity contribution >= 4 is 16.6 Å². The number of benzene rings is 1. The van der Waals surface area contributed by atoms with Crippen LogP contribution >= 0.6 is 0 Å². The maximum atomic E-state index is 12.8. The molecule has 96 valence electrons. The molecule has 0 aliphatic heterocycles. The van der Waals surface area contributed by atoms with E-state index in [-0.39, 0.29) is 22.3 Å². The molecule has 0 saturated heterocycles. The highest BCUT2D eigenvalue weighted by Crippen LogP contribution is 2.36. The SMILES string of the molecule is COc1cc2c(C(F)(F)F)cc(=O)[nH]c2cc1N. The van der Waals surface area contributed by atoms with E-state index in [1.54, 1.807) is 0 Å². The number of rotatable bonds is 1. The Bertz CT molecular complexity index is 662. The van der Waals surface area contributed by atoms with Crippen LogP contribution in [0.25, 0.3) is 10.9 Å². The fourth-order valence-corrected chi connectivity index (χ4v) is 1.71. The first-order valence-electron chi connectivity index (χ1n) is 4.90. The molecular weight excluding hydrogens is 249 g/mol. The molecule has 0 amide bonds. The van der Waals surface area contributed by atoms with Crippen molar-refractivity contribution in [3.8, 4) is 5.75 Å². The van der Waals surface area contributed by atoms with Gasteiger partial charge < -0.3 is 15.5 Å². The Balaban J connectivity index is 2.90. The van der Waals surface area contributed by atoms with Crippen LogP contribution in [0.1, 0.15) is 5.56 Å². The molecule has 2 aromatic rings. The molecule has 1 aromatic heterocycles. The molecule has 7 heteroatoms. The summed E-state index contributed by atoms with van der Waals surface area (Å²) >= 11 is 0. The number of hydrogen-bond acceptors (Lipinski definition) is 3. The van der Waals surface area contributed by atoms with Crippen LogP contribution in [0.15, 0.2) is 23.0 Å². The van der Waals surface area contributed by atoms with Crippen LogP contribution in [0.2, 0.25) is 0 Å². The van der Waals surface area contributed by atoms with Crippen LogP contribution < -0.4 is 16.0 Å². The zero-order valence-electron chi connectivity index (χ0n) is 9.26. The minimum atomic E-state index is -4.62.